The second-order valence-electron chi connectivity index (χ2n) is 7.25. The Bertz CT molecular complexity index is 966. The van der Waals surface area contributed by atoms with Crippen molar-refractivity contribution in [2.45, 2.75) is 19.5 Å². The monoisotopic (exact) mass is 433 g/mol. The molecule has 0 aromatic heterocycles. The molecular formula is C21H24ClN3O5. The summed E-state index contributed by atoms with van der Waals surface area (Å²) in [4.78, 5) is 27.0. The van der Waals surface area contributed by atoms with Crippen molar-refractivity contribution in [1.29, 1.82) is 0 Å². The van der Waals surface area contributed by atoms with Crippen molar-refractivity contribution in [3.8, 4) is 11.5 Å². The van der Waals surface area contributed by atoms with Crippen LogP contribution < -0.4 is 9.47 Å². The molecule has 0 unspecified atom stereocenters. The first kappa shape index (κ1) is 21.9. The van der Waals surface area contributed by atoms with Gasteiger partial charge in [0, 0.05) is 36.8 Å². The fourth-order valence-corrected chi connectivity index (χ4v) is 3.75. The highest BCUT2D eigenvalue weighted by molar-refractivity contribution is 6.31. The van der Waals surface area contributed by atoms with Crippen LogP contribution in [0.1, 0.15) is 16.7 Å². The Balaban J connectivity index is 1.66. The van der Waals surface area contributed by atoms with Crippen LogP contribution in [0.2, 0.25) is 5.02 Å². The van der Waals surface area contributed by atoms with E-state index in [1.807, 2.05) is 12.1 Å². The highest BCUT2D eigenvalue weighted by Gasteiger charge is 2.24. The summed E-state index contributed by atoms with van der Waals surface area (Å²) in [6.07, 6.45) is 0.738. The number of non-ortho nitro benzene ring substituents is 1. The van der Waals surface area contributed by atoms with Gasteiger partial charge in [-0.15, -0.1) is 0 Å². The Morgan fingerprint density at radius 1 is 1.20 bits per heavy atom. The van der Waals surface area contributed by atoms with Crippen molar-refractivity contribution in [3.63, 3.8) is 0 Å². The minimum absolute atomic E-state index is 0.0144. The Morgan fingerprint density at radius 2 is 1.87 bits per heavy atom. The molecule has 9 heteroatoms. The molecule has 1 heterocycles. The molecule has 2 aromatic rings. The zero-order valence-electron chi connectivity index (χ0n) is 17.2. The molecule has 1 aliphatic rings. The number of carbonyl (C=O) groups excluding carboxylic acids is 1. The lowest BCUT2D eigenvalue weighted by Crippen LogP contribution is -2.41. The quantitative estimate of drug-likeness (QED) is 0.492. The zero-order chi connectivity index (χ0) is 21.8. The van der Waals surface area contributed by atoms with E-state index in [-0.39, 0.29) is 18.1 Å². The number of carbonyl (C=O) groups is 1. The van der Waals surface area contributed by atoms with Gasteiger partial charge in [0.2, 0.25) is 5.91 Å². The van der Waals surface area contributed by atoms with Crippen molar-refractivity contribution < 1.29 is 19.2 Å². The normalized spacial score (nSPS) is 13.2. The molecule has 0 aliphatic carbocycles. The molecule has 0 spiro atoms. The number of likely N-dealkylation sites (N-methyl/N-ethyl adjacent to an activating group) is 1. The van der Waals surface area contributed by atoms with Crippen molar-refractivity contribution in [1.82, 2.24) is 9.80 Å². The van der Waals surface area contributed by atoms with Gasteiger partial charge in [-0.1, -0.05) is 11.6 Å². The summed E-state index contributed by atoms with van der Waals surface area (Å²) < 4.78 is 10.7. The largest absolute Gasteiger partial charge is 0.493 e. The van der Waals surface area contributed by atoms with Crippen molar-refractivity contribution in [2.24, 2.45) is 0 Å². The fourth-order valence-electron chi connectivity index (χ4n) is 3.57. The topological polar surface area (TPSA) is 85.2 Å². The summed E-state index contributed by atoms with van der Waals surface area (Å²) in [6, 6.07) is 8.20. The van der Waals surface area contributed by atoms with Gasteiger partial charge in [-0.2, -0.15) is 0 Å². The van der Waals surface area contributed by atoms with E-state index >= 15 is 0 Å². The van der Waals surface area contributed by atoms with Crippen LogP contribution >= 0.6 is 11.6 Å². The fraction of sp³-hybridized carbons (Fsp3) is 0.381. The number of halogens is 1. The van der Waals surface area contributed by atoms with Gasteiger partial charge in [0.15, 0.2) is 11.5 Å². The van der Waals surface area contributed by atoms with E-state index in [0.29, 0.717) is 41.7 Å². The SMILES string of the molecule is COc1cc2c(cc1OC)CN(C(=O)CN(C)Cc1cc([N+](=O)[O-])ccc1Cl)CC2. The molecule has 0 bridgehead atoms. The molecule has 8 nitrogen and oxygen atoms in total. The van der Waals surface area contributed by atoms with Crippen LogP contribution in [0.3, 0.4) is 0 Å². The summed E-state index contributed by atoms with van der Waals surface area (Å²) >= 11 is 6.17. The van der Waals surface area contributed by atoms with E-state index in [4.69, 9.17) is 21.1 Å². The summed E-state index contributed by atoms with van der Waals surface area (Å²) in [5.74, 6) is 1.31. The minimum Gasteiger partial charge on any atom is -0.493 e. The molecule has 0 N–H and O–H groups in total. The number of nitro groups is 1. The zero-order valence-corrected chi connectivity index (χ0v) is 17.9. The lowest BCUT2D eigenvalue weighted by atomic mass is 9.98. The van der Waals surface area contributed by atoms with Crippen LogP contribution in [0.15, 0.2) is 30.3 Å². The van der Waals surface area contributed by atoms with Crippen LogP contribution in [0.25, 0.3) is 0 Å². The minimum atomic E-state index is -0.459. The number of methoxy groups -OCH3 is 2. The smallest absolute Gasteiger partial charge is 0.269 e. The highest BCUT2D eigenvalue weighted by Crippen LogP contribution is 2.33. The van der Waals surface area contributed by atoms with Gasteiger partial charge in [-0.25, -0.2) is 0 Å². The van der Waals surface area contributed by atoms with Crippen molar-refractivity contribution in [3.05, 3.63) is 62.2 Å². The molecule has 1 aliphatic heterocycles. The maximum absolute atomic E-state index is 12.8. The van der Waals surface area contributed by atoms with E-state index in [9.17, 15) is 14.9 Å². The molecule has 0 fully saturated rings. The van der Waals surface area contributed by atoms with Gasteiger partial charge in [-0.3, -0.25) is 19.8 Å². The van der Waals surface area contributed by atoms with Crippen LogP contribution in [0, 0.1) is 10.1 Å². The van der Waals surface area contributed by atoms with Crippen LogP contribution in [-0.4, -0.2) is 55.0 Å². The Kier molecular flexibility index (Phi) is 6.79. The number of amides is 1. The van der Waals surface area contributed by atoms with E-state index < -0.39 is 4.92 Å². The number of hydrogen-bond acceptors (Lipinski definition) is 6. The van der Waals surface area contributed by atoms with E-state index in [2.05, 4.69) is 0 Å². The summed E-state index contributed by atoms with van der Waals surface area (Å²) in [6.45, 7) is 1.63. The molecule has 0 radical (unpaired) electrons. The first-order valence-electron chi connectivity index (χ1n) is 9.45. The predicted octanol–water partition coefficient (Wildman–Crippen LogP) is 3.28. The molecule has 3 rings (SSSR count). The number of fused-ring (bicyclic) bond motifs is 1. The lowest BCUT2D eigenvalue weighted by Gasteiger charge is -2.31. The molecule has 30 heavy (non-hydrogen) atoms. The van der Waals surface area contributed by atoms with Crippen molar-refractivity contribution >= 4 is 23.2 Å². The molecule has 1 amide bonds. The van der Waals surface area contributed by atoms with Gasteiger partial charge in [0.25, 0.3) is 5.69 Å². The van der Waals surface area contributed by atoms with Crippen LogP contribution in [0.5, 0.6) is 11.5 Å². The van der Waals surface area contributed by atoms with Gasteiger partial charge in [0.05, 0.1) is 25.7 Å². The highest BCUT2D eigenvalue weighted by atomic mass is 35.5. The van der Waals surface area contributed by atoms with Crippen LogP contribution in [-0.2, 0) is 24.3 Å². The summed E-state index contributed by atoms with van der Waals surface area (Å²) in [5.41, 5.74) is 2.78. The van der Waals surface area contributed by atoms with Gasteiger partial charge < -0.3 is 14.4 Å². The maximum Gasteiger partial charge on any atom is 0.269 e. The van der Waals surface area contributed by atoms with Gasteiger partial charge in [-0.05, 0) is 48.4 Å². The summed E-state index contributed by atoms with van der Waals surface area (Å²) in [7, 11) is 4.98. The first-order valence-corrected chi connectivity index (χ1v) is 9.83. The average Bonchev–Trinajstić information content (AvgIpc) is 2.73. The van der Waals surface area contributed by atoms with E-state index in [1.54, 1.807) is 31.1 Å². The Labute approximate surface area is 180 Å². The Hall–Kier alpha value is -2.84. The second-order valence-corrected chi connectivity index (χ2v) is 7.65. The first-order chi connectivity index (χ1) is 14.3. The number of ether oxygens (including phenoxy) is 2. The molecular weight excluding hydrogens is 410 g/mol. The number of nitrogens with zero attached hydrogens (tertiary/aromatic N) is 3. The number of nitro benzene ring substituents is 1. The number of hydrogen-bond donors (Lipinski definition) is 0. The van der Waals surface area contributed by atoms with Crippen molar-refractivity contribution in [2.75, 3.05) is 34.4 Å². The second kappa shape index (κ2) is 9.32. The molecule has 160 valence electrons. The third-order valence-electron chi connectivity index (χ3n) is 5.16. The standard InChI is InChI=1S/C21H24ClN3O5/c1-23(11-16-8-17(25(27)28)4-5-18(16)22)13-21(26)24-7-6-14-9-19(29-2)20(30-3)10-15(14)12-24/h4-5,8-10H,6-7,11-13H2,1-3H3. The third-order valence-corrected chi connectivity index (χ3v) is 5.53. The Morgan fingerprint density at radius 3 is 2.50 bits per heavy atom. The van der Waals surface area contributed by atoms with Gasteiger partial charge in [0.1, 0.15) is 0 Å². The van der Waals surface area contributed by atoms with E-state index in [0.717, 1.165) is 17.5 Å². The average molecular weight is 434 g/mol. The molecule has 2 aromatic carbocycles. The number of rotatable bonds is 7. The summed E-state index contributed by atoms with van der Waals surface area (Å²) in [5, 5.41) is 11.4. The van der Waals surface area contributed by atoms with E-state index in [1.165, 1.54) is 18.2 Å². The van der Waals surface area contributed by atoms with Crippen LogP contribution in [0.4, 0.5) is 5.69 Å². The molecule has 0 saturated carbocycles. The molecule has 0 atom stereocenters. The molecule has 0 saturated heterocycles. The van der Waals surface area contributed by atoms with Gasteiger partial charge >= 0.3 is 0 Å². The maximum atomic E-state index is 12.8. The predicted molar refractivity (Wildman–Crippen MR) is 113 cm³/mol. The third kappa shape index (κ3) is 4.83. The number of benzene rings is 2. The lowest BCUT2D eigenvalue weighted by molar-refractivity contribution is -0.384.